The minimum atomic E-state index is 0.145. The highest BCUT2D eigenvalue weighted by Gasteiger charge is 2.29. The number of rotatable bonds is 4. The van der Waals surface area contributed by atoms with E-state index in [1.165, 1.54) is 0 Å². The maximum Gasteiger partial charge on any atom is 0.142 e. The number of ether oxygens (including phenoxy) is 1. The summed E-state index contributed by atoms with van der Waals surface area (Å²) in [5.74, 6) is 0.864. The van der Waals surface area contributed by atoms with E-state index in [0.717, 1.165) is 38.1 Å². The van der Waals surface area contributed by atoms with Gasteiger partial charge in [0, 0.05) is 5.56 Å². The van der Waals surface area contributed by atoms with Crippen LogP contribution in [0.2, 0.25) is 0 Å². The topological polar surface area (TPSA) is 95.7 Å². The van der Waals surface area contributed by atoms with E-state index in [1.54, 1.807) is 6.08 Å². The largest absolute Gasteiger partial charge is 0.488 e. The number of hydrogen-bond acceptors (Lipinski definition) is 5. The van der Waals surface area contributed by atoms with Gasteiger partial charge in [-0.1, -0.05) is 18.7 Å². The second-order valence-corrected chi connectivity index (χ2v) is 7.15. The van der Waals surface area contributed by atoms with Crippen molar-refractivity contribution < 1.29 is 4.74 Å². The van der Waals surface area contributed by atoms with Crippen molar-refractivity contribution in [3.05, 3.63) is 68.8 Å². The minimum Gasteiger partial charge on any atom is -0.488 e. The molecule has 0 spiro atoms. The molecule has 1 aliphatic carbocycles. The number of fused-ring (bicyclic) bond motifs is 1. The van der Waals surface area contributed by atoms with E-state index in [-0.39, 0.29) is 5.82 Å². The molecule has 28 heavy (non-hydrogen) atoms. The molecule has 0 saturated carbocycles. The Balaban J connectivity index is 2.18. The summed E-state index contributed by atoms with van der Waals surface area (Å²) < 4.78 is 6.40. The van der Waals surface area contributed by atoms with Gasteiger partial charge in [-0.05, 0) is 70.3 Å². The molecule has 0 atom stereocenters. The molecule has 2 N–H and O–H groups in total. The first-order valence-corrected chi connectivity index (χ1v) is 9.29. The van der Waals surface area contributed by atoms with E-state index in [4.69, 9.17) is 10.5 Å². The van der Waals surface area contributed by atoms with E-state index in [0.29, 0.717) is 23.4 Å². The van der Waals surface area contributed by atoms with Gasteiger partial charge in [-0.15, -0.1) is 0 Å². The predicted molar refractivity (Wildman–Crippen MR) is 114 cm³/mol. The van der Waals surface area contributed by atoms with Gasteiger partial charge in [-0.2, -0.15) is 10.5 Å². The van der Waals surface area contributed by atoms with Gasteiger partial charge in [0.1, 0.15) is 30.3 Å². The summed E-state index contributed by atoms with van der Waals surface area (Å²) in [7, 11) is 0. The SMILES string of the molecule is C=CCOc1ccc(/C=C2/C(C)=C(C#N)c3nc(N)c(C#N)c(C)c32)cc1Br. The van der Waals surface area contributed by atoms with Gasteiger partial charge < -0.3 is 10.5 Å². The number of hydrogen-bond donors (Lipinski definition) is 1. The van der Waals surface area contributed by atoms with Crippen molar-refractivity contribution in [2.75, 3.05) is 12.3 Å². The number of nitriles is 2. The summed E-state index contributed by atoms with van der Waals surface area (Å²) in [6.07, 6.45) is 3.66. The summed E-state index contributed by atoms with van der Waals surface area (Å²) in [6.45, 7) is 7.78. The molecule has 1 heterocycles. The fourth-order valence-corrected chi connectivity index (χ4v) is 3.75. The molecular formula is C22H17BrN4O. The maximum atomic E-state index is 9.63. The highest BCUT2D eigenvalue weighted by Crippen LogP contribution is 2.44. The molecule has 1 aliphatic rings. The molecule has 5 nitrogen and oxygen atoms in total. The van der Waals surface area contributed by atoms with Gasteiger partial charge in [0.2, 0.25) is 0 Å². The van der Waals surface area contributed by atoms with Gasteiger partial charge in [0.05, 0.1) is 21.3 Å². The highest BCUT2D eigenvalue weighted by molar-refractivity contribution is 9.10. The average Bonchev–Trinajstić information content (AvgIpc) is 2.92. The normalized spacial score (nSPS) is 13.8. The molecule has 1 aromatic carbocycles. The number of halogens is 1. The smallest absolute Gasteiger partial charge is 0.142 e. The molecule has 1 aromatic heterocycles. The van der Waals surface area contributed by atoms with E-state index in [2.05, 4.69) is 39.6 Å². The van der Waals surface area contributed by atoms with Gasteiger partial charge >= 0.3 is 0 Å². The maximum absolute atomic E-state index is 9.63. The van der Waals surface area contributed by atoms with Crippen LogP contribution in [-0.2, 0) is 0 Å². The molecule has 0 saturated heterocycles. The van der Waals surface area contributed by atoms with Crippen LogP contribution in [0.4, 0.5) is 5.82 Å². The van der Waals surface area contributed by atoms with Gasteiger partial charge in [0.15, 0.2) is 0 Å². The van der Waals surface area contributed by atoms with Crippen molar-refractivity contribution in [1.29, 1.82) is 10.5 Å². The summed E-state index contributed by atoms with van der Waals surface area (Å²) in [6, 6.07) is 10.1. The molecule has 138 valence electrons. The van der Waals surface area contributed by atoms with Crippen LogP contribution in [0.1, 0.15) is 34.9 Å². The Hall–Kier alpha value is -3.35. The molecule has 0 bridgehead atoms. The molecular weight excluding hydrogens is 416 g/mol. The van der Waals surface area contributed by atoms with E-state index >= 15 is 0 Å². The van der Waals surface area contributed by atoms with Gasteiger partial charge in [0.25, 0.3) is 0 Å². The molecule has 6 heteroatoms. The van der Waals surface area contributed by atoms with E-state index in [1.807, 2.05) is 38.1 Å². The van der Waals surface area contributed by atoms with E-state index in [9.17, 15) is 10.5 Å². The first kappa shape index (κ1) is 19.4. The van der Waals surface area contributed by atoms with Crippen LogP contribution in [0.25, 0.3) is 17.2 Å². The van der Waals surface area contributed by atoms with Crippen molar-refractivity contribution in [2.45, 2.75) is 13.8 Å². The first-order valence-electron chi connectivity index (χ1n) is 8.50. The zero-order valence-corrected chi connectivity index (χ0v) is 17.1. The van der Waals surface area contributed by atoms with Crippen molar-refractivity contribution in [2.24, 2.45) is 0 Å². The first-order chi connectivity index (χ1) is 13.4. The lowest BCUT2D eigenvalue weighted by Gasteiger charge is -2.11. The fraction of sp³-hybridized carbons (Fsp3) is 0.136. The summed E-state index contributed by atoms with van der Waals surface area (Å²) in [5, 5.41) is 19.1. The van der Waals surface area contributed by atoms with Crippen LogP contribution in [0.5, 0.6) is 5.75 Å². The number of nitrogens with zero attached hydrogens (tertiary/aromatic N) is 3. The molecule has 0 amide bonds. The van der Waals surface area contributed by atoms with Crippen LogP contribution < -0.4 is 10.5 Å². The number of anilines is 1. The van der Waals surface area contributed by atoms with Crippen LogP contribution in [0, 0.1) is 29.6 Å². The Morgan fingerprint density at radius 1 is 1.29 bits per heavy atom. The standard InChI is InChI=1S/C22H17BrN4O/c1-4-7-28-19-6-5-14(9-18(19)23)8-15-12(2)16(10-24)21-20(15)13(3)17(11-25)22(26)27-21/h4-6,8-9H,1,7H2,2-3H3,(H2,26,27)/b15-8-. The highest BCUT2D eigenvalue weighted by atomic mass is 79.9. The lowest BCUT2D eigenvalue weighted by Crippen LogP contribution is -2.03. The quantitative estimate of drug-likeness (QED) is 0.683. The van der Waals surface area contributed by atoms with Crippen LogP contribution >= 0.6 is 15.9 Å². The second kappa shape index (κ2) is 7.72. The van der Waals surface area contributed by atoms with Crippen molar-refractivity contribution in [3.8, 4) is 17.9 Å². The van der Waals surface area contributed by atoms with Crippen molar-refractivity contribution >= 4 is 39.0 Å². The number of benzene rings is 1. The average molecular weight is 433 g/mol. The number of nitrogens with two attached hydrogens (primary N) is 1. The lowest BCUT2D eigenvalue weighted by atomic mass is 9.95. The zero-order chi connectivity index (χ0) is 20.4. The van der Waals surface area contributed by atoms with Crippen LogP contribution in [-0.4, -0.2) is 11.6 Å². The molecule has 0 aliphatic heterocycles. The summed E-state index contributed by atoms with van der Waals surface area (Å²) in [5.41, 5.74) is 11.4. The molecule has 0 fully saturated rings. The lowest BCUT2D eigenvalue weighted by molar-refractivity contribution is 0.361. The minimum absolute atomic E-state index is 0.145. The van der Waals surface area contributed by atoms with Crippen LogP contribution in [0.3, 0.4) is 0 Å². The summed E-state index contributed by atoms with van der Waals surface area (Å²) >= 11 is 3.52. The second-order valence-electron chi connectivity index (χ2n) is 6.29. The number of nitrogen functional groups attached to an aromatic ring is 1. The van der Waals surface area contributed by atoms with E-state index < -0.39 is 0 Å². The number of allylic oxidation sites excluding steroid dienone is 3. The number of pyridine rings is 1. The molecule has 0 unspecified atom stereocenters. The fourth-order valence-electron chi connectivity index (χ4n) is 3.23. The molecule has 0 radical (unpaired) electrons. The summed E-state index contributed by atoms with van der Waals surface area (Å²) in [4.78, 5) is 4.34. The van der Waals surface area contributed by atoms with Crippen molar-refractivity contribution in [1.82, 2.24) is 4.98 Å². The van der Waals surface area contributed by atoms with Crippen molar-refractivity contribution in [3.63, 3.8) is 0 Å². The zero-order valence-electron chi connectivity index (χ0n) is 15.5. The Bertz CT molecular complexity index is 1150. The molecule has 2 aromatic rings. The van der Waals surface area contributed by atoms with Gasteiger partial charge in [-0.25, -0.2) is 4.98 Å². The monoisotopic (exact) mass is 432 g/mol. The third kappa shape index (κ3) is 3.19. The number of aromatic nitrogens is 1. The third-order valence-electron chi connectivity index (χ3n) is 4.61. The predicted octanol–water partition coefficient (Wildman–Crippen LogP) is 5.02. The third-order valence-corrected chi connectivity index (χ3v) is 5.23. The van der Waals surface area contributed by atoms with Crippen LogP contribution in [0.15, 0.2) is 40.9 Å². The van der Waals surface area contributed by atoms with Gasteiger partial charge in [-0.3, -0.25) is 0 Å². The molecule has 3 rings (SSSR count). The Morgan fingerprint density at radius 2 is 2.04 bits per heavy atom. The Labute approximate surface area is 172 Å². The Kier molecular flexibility index (Phi) is 5.35. The Morgan fingerprint density at radius 3 is 2.64 bits per heavy atom.